The Hall–Kier alpha value is -1.00. The van der Waals surface area contributed by atoms with Gasteiger partial charge in [-0.2, -0.15) is 0 Å². The zero-order chi connectivity index (χ0) is 5.70. The highest BCUT2D eigenvalue weighted by atomic mass is 28.2. The monoisotopic (exact) mass is 114 g/mol. The molecule has 0 unspecified atom stereocenters. The summed E-state index contributed by atoms with van der Waals surface area (Å²) < 4.78 is 3.74. The van der Waals surface area contributed by atoms with Gasteiger partial charge in [0.2, 0.25) is 0 Å². The summed E-state index contributed by atoms with van der Waals surface area (Å²) in [5, 5.41) is 2.51. The van der Waals surface area contributed by atoms with E-state index in [9.17, 15) is 4.79 Å². The second-order valence-corrected chi connectivity index (χ2v) is 0.762. The average molecular weight is 114 g/mol. The molecule has 0 saturated heterocycles. The fraction of sp³-hybridized carbons (Fsp3) is 0. The number of carbonyl (C=O) groups excluding carboxylic acids is 1. The van der Waals surface area contributed by atoms with E-state index in [-0.39, 0.29) is 0 Å². The molecule has 0 heterocycles. The minimum Gasteiger partial charge on any atom is -0.511 e. The van der Waals surface area contributed by atoms with Crippen molar-refractivity contribution in [2.24, 2.45) is 5.11 Å². The van der Waals surface area contributed by atoms with Crippen molar-refractivity contribution in [2.45, 2.75) is 0 Å². The molecule has 0 saturated carbocycles. The maximum absolute atomic E-state index is 9.72. The van der Waals surface area contributed by atoms with Crippen LogP contribution in [-0.2, 0) is 4.43 Å². The van der Waals surface area contributed by atoms with Crippen molar-refractivity contribution in [3.63, 3.8) is 0 Å². The van der Waals surface area contributed by atoms with Gasteiger partial charge in [0.1, 0.15) is 0 Å². The third-order valence-corrected chi connectivity index (χ3v) is 0.388. The van der Waals surface area contributed by atoms with Crippen LogP contribution in [0.1, 0.15) is 0 Å². The Morgan fingerprint density at radius 3 is 2.71 bits per heavy atom. The predicted octanol–water partition coefficient (Wildman–Crippen LogP) is 0.517. The summed E-state index contributed by atoms with van der Waals surface area (Å²) in [4.78, 5) is 11.8. The third kappa shape index (κ3) is 2.81. The number of azide groups is 1. The van der Waals surface area contributed by atoms with Crippen molar-refractivity contribution in [3.05, 3.63) is 10.4 Å². The smallest absolute Gasteiger partial charge is 0.383 e. The quantitative estimate of drug-likeness (QED) is 0.199. The highest BCUT2D eigenvalue weighted by Gasteiger charge is 1.86. The molecule has 35 valence electrons. The van der Waals surface area contributed by atoms with Gasteiger partial charge in [-0.25, -0.2) is 4.79 Å². The van der Waals surface area contributed by atoms with Crippen molar-refractivity contribution in [2.75, 3.05) is 0 Å². The molecule has 7 heavy (non-hydrogen) atoms. The van der Waals surface area contributed by atoms with Crippen LogP contribution < -0.4 is 0 Å². The molecule has 3 radical (unpaired) electrons. The van der Waals surface area contributed by atoms with Crippen LogP contribution in [0.3, 0.4) is 0 Å². The molecule has 0 aromatic heterocycles. The first-order valence-corrected chi connectivity index (χ1v) is 1.64. The van der Waals surface area contributed by atoms with Crippen LogP contribution in [0.2, 0.25) is 0 Å². The highest BCUT2D eigenvalue weighted by molar-refractivity contribution is 6.05. The van der Waals surface area contributed by atoms with E-state index in [0.717, 1.165) is 0 Å². The van der Waals surface area contributed by atoms with Gasteiger partial charge in [0.15, 0.2) is 0 Å². The lowest BCUT2D eigenvalue weighted by atomic mass is 11.3. The fourth-order valence-corrected chi connectivity index (χ4v) is 0.0978. The molecule has 0 aliphatic carbocycles. The van der Waals surface area contributed by atoms with E-state index in [0.29, 0.717) is 0 Å². The summed E-state index contributed by atoms with van der Waals surface area (Å²) in [5.41, 5.74) is 7.50. The molecular weight excluding hydrogens is 114 g/mol. The molecule has 0 aromatic rings. The first-order valence-electron chi connectivity index (χ1n) is 1.24. The van der Waals surface area contributed by atoms with Crippen LogP contribution in [0.25, 0.3) is 10.4 Å². The molecule has 0 fully saturated rings. The van der Waals surface area contributed by atoms with Gasteiger partial charge in [-0.3, -0.25) is 0 Å². The van der Waals surface area contributed by atoms with Crippen LogP contribution >= 0.6 is 0 Å². The third-order valence-electron chi connectivity index (χ3n) is 0.214. The van der Waals surface area contributed by atoms with Gasteiger partial charge in [0, 0.05) is 10.0 Å². The average Bonchev–Trinajstić information content (AvgIpc) is 1.68. The molecule has 0 spiro atoms. The summed E-state index contributed by atoms with van der Waals surface area (Å²) in [7, 11) is 2.34. The van der Waals surface area contributed by atoms with E-state index in [1.807, 2.05) is 0 Å². The number of hydrogen-bond acceptors (Lipinski definition) is 2. The minimum atomic E-state index is -1.00. The number of hydrogen-bond donors (Lipinski definition) is 0. The summed E-state index contributed by atoms with van der Waals surface area (Å²) in [6.07, 6.45) is -1.00. The summed E-state index contributed by atoms with van der Waals surface area (Å²) in [6.45, 7) is 0. The normalized spacial score (nSPS) is 6.43. The Bertz CT molecular complexity index is 116. The molecule has 0 atom stereocenters. The Morgan fingerprint density at radius 1 is 2.00 bits per heavy atom. The molecule has 0 aliphatic rings. The molecule has 1 amide bonds. The molecule has 5 nitrogen and oxygen atoms in total. The van der Waals surface area contributed by atoms with Gasteiger partial charge >= 0.3 is 16.6 Å². The van der Waals surface area contributed by atoms with Crippen LogP contribution in [-0.4, -0.2) is 16.6 Å². The Morgan fingerprint density at radius 2 is 2.57 bits per heavy atom. The number of carbonyl (C=O) groups is 1. The summed E-state index contributed by atoms with van der Waals surface area (Å²) in [6, 6.07) is 0. The molecule has 6 heteroatoms. The Labute approximate surface area is 42.4 Å². The van der Waals surface area contributed by atoms with Crippen molar-refractivity contribution >= 4 is 16.6 Å². The van der Waals surface area contributed by atoms with Crippen molar-refractivity contribution in [1.82, 2.24) is 0 Å². The molecule has 0 bridgehead atoms. The van der Waals surface area contributed by atoms with Crippen LogP contribution in [0, 0.1) is 0 Å². The standard InChI is InChI=1S/CN3O2Si/c2-4-3-1(5)6-7. The number of nitrogens with zero attached hydrogens (tertiary/aromatic N) is 3. The topological polar surface area (TPSA) is 75.1 Å². The Balaban J connectivity index is 3.58. The molecule has 0 aromatic carbocycles. The molecular formula is CN3O2Si. The maximum atomic E-state index is 9.72. The van der Waals surface area contributed by atoms with Crippen LogP contribution in [0.15, 0.2) is 5.11 Å². The second-order valence-electron chi connectivity index (χ2n) is 0.557. The van der Waals surface area contributed by atoms with Crippen molar-refractivity contribution in [1.29, 1.82) is 0 Å². The largest absolute Gasteiger partial charge is 0.511 e. The van der Waals surface area contributed by atoms with E-state index in [1.165, 1.54) is 0 Å². The second kappa shape index (κ2) is 3.20. The molecule has 0 N–H and O–H groups in total. The van der Waals surface area contributed by atoms with Crippen LogP contribution in [0.4, 0.5) is 4.79 Å². The zero-order valence-electron chi connectivity index (χ0n) is 3.16. The number of rotatable bonds is 0. The SMILES string of the molecule is [N-]=[N+]=NC(=O)O[Si]. The number of amides is 1. The zero-order valence-corrected chi connectivity index (χ0v) is 4.16. The van der Waals surface area contributed by atoms with E-state index in [2.05, 4.69) is 24.9 Å². The fourth-order valence-electron chi connectivity index (χ4n) is 0.0569. The van der Waals surface area contributed by atoms with Crippen LogP contribution in [0.5, 0.6) is 0 Å². The van der Waals surface area contributed by atoms with Crippen molar-refractivity contribution in [3.8, 4) is 0 Å². The van der Waals surface area contributed by atoms with E-state index in [1.54, 1.807) is 0 Å². The lowest BCUT2D eigenvalue weighted by Crippen LogP contribution is -1.89. The molecule has 0 aliphatic heterocycles. The minimum absolute atomic E-state index is 1.00. The van der Waals surface area contributed by atoms with E-state index >= 15 is 0 Å². The van der Waals surface area contributed by atoms with Gasteiger partial charge in [0.05, 0.1) is 0 Å². The van der Waals surface area contributed by atoms with Gasteiger partial charge in [-0.05, 0) is 5.53 Å². The lowest BCUT2D eigenvalue weighted by molar-refractivity contribution is 0.215. The highest BCUT2D eigenvalue weighted by Crippen LogP contribution is 1.75. The summed E-state index contributed by atoms with van der Waals surface area (Å²) >= 11 is 0. The van der Waals surface area contributed by atoms with Gasteiger partial charge < -0.3 is 4.43 Å². The maximum Gasteiger partial charge on any atom is 0.383 e. The molecule has 0 rings (SSSR count). The van der Waals surface area contributed by atoms with Crippen molar-refractivity contribution < 1.29 is 9.22 Å². The Kier molecular flexibility index (Phi) is 2.74. The van der Waals surface area contributed by atoms with Gasteiger partial charge in [-0.1, -0.05) is 0 Å². The predicted molar refractivity (Wildman–Crippen MR) is 21.4 cm³/mol. The summed E-state index contributed by atoms with van der Waals surface area (Å²) in [5.74, 6) is 0. The first kappa shape index (κ1) is 6.00. The lowest BCUT2D eigenvalue weighted by Gasteiger charge is -1.81. The van der Waals surface area contributed by atoms with E-state index in [4.69, 9.17) is 5.53 Å². The van der Waals surface area contributed by atoms with Gasteiger partial charge in [-0.15, -0.1) is 0 Å². The first-order chi connectivity index (χ1) is 3.31. The van der Waals surface area contributed by atoms with Gasteiger partial charge in [0.25, 0.3) is 0 Å². The van der Waals surface area contributed by atoms with E-state index < -0.39 is 6.09 Å².